The Hall–Kier alpha value is -4.09. The number of ether oxygens (including phenoxy) is 1. The number of nitrogens with zero attached hydrogens (tertiary/aromatic N) is 2. The fraction of sp³-hybridized carbons (Fsp3) is 0.0968. The Balaban J connectivity index is 1.64. The second-order valence-electron chi connectivity index (χ2n) is 8.61. The van der Waals surface area contributed by atoms with Crippen LogP contribution in [-0.2, 0) is 4.79 Å². The smallest absolute Gasteiger partial charge is 0.271 e. The highest BCUT2D eigenvalue weighted by Crippen LogP contribution is 2.40. The van der Waals surface area contributed by atoms with Gasteiger partial charge in [0.1, 0.15) is 12.4 Å². The number of rotatable bonds is 6. The van der Waals surface area contributed by atoms with Gasteiger partial charge in [0.15, 0.2) is 5.17 Å². The maximum atomic E-state index is 13.8. The van der Waals surface area contributed by atoms with Gasteiger partial charge >= 0.3 is 0 Å². The van der Waals surface area contributed by atoms with Crippen LogP contribution in [0.4, 0.5) is 11.4 Å². The molecule has 0 spiro atoms. The zero-order valence-electron chi connectivity index (χ0n) is 20.3. The number of amides is 1. The first-order valence-corrected chi connectivity index (χ1v) is 12.6. The van der Waals surface area contributed by atoms with Crippen molar-refractivity contribution in [2.45, 2.75) is 13.8 Å². The molecule has 1 aliphatic heterocycles. The molecule has 4 nitrogen and oxygen atoms in total. The Bertz CT molecular complexity index is 1500. The second-order valence-corrected chi connectivity index (χ2v) is 9.62. The van der Waals surface area contributed by atoms with Gasteiger partial charge in [-0.05, 0) is 72.8 Å². The van der Waals surface area contributed by atoms with E-state index in [2.05, 4.69) is 12.6 Å². The summed E-state index contributed by atoms with van der Waals surface area (Å²) in [6.07, 6.45) is 3.64. The SMILES string of the molecule is C=CCOc1ccc2ccccc2c1/C=C1\SC(=Nc2ccc(C)cc2)N(c2ccc(C)cc2)C1=O. The Labute approximate surface area is 215 Å². The number of fused-ring (bicyclic) bond motifs is 1. The number of anilines is 1. The Morgan fingerprint density at radius 3 is 2.33 bits per heavy atom. The predicted molar refractivity (Wildman–Crippen MR) is 152 cm³/mol. The number of hydrogen-bond acceptors (Lipinski definition) is 4. The van der Waals surface area contributed by atoms with Gasteiger partial charge in [0.2, 0.25) is 0 Å². The third-order valence-corrected chi connectivity index (χ3v) is 6.89. The van der Waals surface area contributed by atoms with Crippen molar-refractivity contribution in [3.05, 3.63) is 119 Å². The van der Waals surface area contributed by atoms with Gasteiger partial charge in [-0.1, -0.05) is 78.4 Å². The molecule has 1 heterocycles. The minimum absolute atomic E-state index is 0.114. The van der Waals surface area contributed by atoms with Crippen LogP contribution >= 0.6 is 11.8 Å². The van der Waals surface area contributed by atoms with Gasteiger partial charge < -0.3 is 4.74 Å². The molecule has 1 fully saturated rings. The van der Waals surface area contributed by atoms with E-state index < -0.39 is 0 Å². The monoisotopic (exact) mass is 490 g/mol. The minimum Gasteiger partial charge on any atom is -0.489 e. The van der Waals surface area contributed by atoms with Gasteiger partial charge in [0, 0.05) is 5.56 Å². The number of aryl methyl sites for hydroxylation is 2. The van der Waals surface area contributed by atoms with Gasteiger partial charge in [0.05, 0.1) is 16.3 Å². The Morgan fingerprint density at radius 1 is 0.917 bits per heavy atom. The Kier molecular flexibility index (Phi) is 6.74. The number of carbonyl (C=O) groups is 1. The molecular weight excluding hydrogens is 464 g/mol. The third-order valence-electron chi connectivity index (χ3n) is 5.92. The highest BCUT2D eigenvalue weighted by atomic mass is 32.2. The average molecular weight is 491 g/mol. The minimum atomic E-state index is -0.114. The quantitative estimate of drug-likeness (QED) is 0.204. The van der Waals surface area contributed by atoms with Crippen LogP contribution < -0.4 is 9.64 Å². The summed E-state index contributed by atoms with van der Waals surface area (Å²) in [6.45, 7) is 8.22. The lowest BCUT2D eigenvalue weighted by Gasteiger charge is -2.16. The number of amidine groups is 1. The molecule has 4 aromatic rings. The summed E-state index contributed by atoms with van der Waals surface area (Å²) in [6, 6.07) is 28.0. The maximum Gasteiger partial charge on any atom is 0.271 e. The molecule has 0 atom stereocenters. The van der Waals surface area contributed by atoms with Crippen LogP contribution in [0.1, 0.15) is 16.7 Å². The van der Waals surface area contributed by atoms with E-state index in [0.717, 1.165) is 38.8 Å². The Morgan fingerprint density at radius 2 is 1.61 bits per heavy atom. The van der Waals surface area contributed by atoms with E-state index in [-0.39, 0.29) is 5.91 Å². The molecule has 0 N–H and O–H groups in total. The fourth-order valence-corrected chi connectivity index (χ4v) is 5.01. The summed E-state index contributed by atoms with van der Waals surface area (Å²) >= 11 is 1.37. The zero-order chi connectivity index (χ0) is 25.1. The zero-order valence-corrected chi connectivity index (χ0v) is 21.1. The van der Waals surface area contributed by atoms with Crippen LogP contribution in [0.2, 0.25) is 0 Å². The van der Waals surface area contributed by atoms with Crippen molar-refractivity contribution in [1.29, 1.82) is 0 Å². The van der Waals surface area contributed by atoms with Gasteiger partial charge in [-0.3, -0.25) is 9.69 Å². The van der Waals surface area contributed by atoms with Crippen LogP contribution in [0.5, 0.6) is 5.75 Å². The molecule has 178 valence electrons. The summed E-state index contributed by atoms with van der Waals surface area (Å²) in [5.74, 6) is 0.595. The molecule has 4 aromatic carbocycles. The van der Waals surface area contributed by atoms with Crippen LogP contribution in [0, 0.1) is 13.8 Å². The number of carbonyl (C=O) groups excluding carboxylic acids is 1. The molecule has 0 bridgehead atoms. The van der Waals surface area contributed by atoms with Gasteiger partial charge in [-0.15, -0.1) is 0 Å². The van der Waals surface area contributed by atoms with Crippen LogP contribution in [0.3, 0.4) is 0 Å². The van der Waals surface area contributed by atoms with Gasteiger partial charge in [-0.25, -0.2) is 4.99 Å². The van der Waals surface area contributed by atoms with Crippen molar-refractivity contribution < 1.29 is 9.53 Å². The lowest BCUT2D eigenvalue weighted by molar-refractivity contribution is -0.113. The summed E-state index contributed by atoms with van der Waals surface area (Å²) in [5, 5.41) is 2.72. The topological polar surface area (TPSA) is 41.9 Å². The molecule has 0 aromatic heterocycles. The van der Waals surface area contributed by atoms with Crippen molar-refractivity contribution in [2.24, 2.45) is 4.99 Å². The standard InChI is InChI=1S/C31H26N2O2S/c1-4-19-35-28-18-13-23-7-5-6-8-26(23)27(28)20-29-30(34)33(25-16-11-22(3)12-17-25)31(36-29)32-24-14-9-21(2)10-15-24/h4-18,20H,1,19H2,2-3H3/b29-20-,32-31?. The maximum absolute atomic E-state index is 13.8. The van der Waals surface area contributed by atoms with E-state index in [1.807, 2.05) is 98.8 Å². The van der Waals surface area contributed by atoms with Crippen molar-refractivity contribution in [3.63, 3.8) is 0 Å². The molecule has 0 aliphatic carbocycles. The highest BCUT2D eigenvalue weighted by Gasteiger charge is 2.35. The molecule has 1 aliphatic rings. The number of benzene rings is 4. The van der Waals surface area contributed by atoms with E-state index in [1.165, 1.54) is 11.8 Å². The molecule has 1 saturated heterocycles. The molecule has 1 amide bonds. The molecule has 5 rings (SSSR count). The summed E-state index contributed by atoms with van der Waals surface area (Å²) < 4.78 is 5.97. The predicted octanol–water partition coefficient (Wildman–Crippen LogP) is 7.83. The van der Waals surface area contributed by atoms with Crippen LogP contribution in [0.25, 0.3) is 16.8 Å². The van der Waals surface area contributed by atoms with Gasteiger partial charge in [0.25, 0.3) is 5.91 Å². The largest absolute Gasteiger partial charge is 0.489 e. The first-order chi connectivity index (χ1) is 17.5. The molecule has 0 saturated carbocycles. The molecule has 36 heavy (non-hydrogen) atoms. The molecule has 5 heteroatoms. The van der Waals surface area contributed by atoms with E-state index >= 15 is 0 Å². The second kappa shape index (κ2) is 10.3. The van der Waals surface area contributed by atoms with E-state index in [4.69, 9.17) is 9.73 Å². The van der Waals surface area contributed by atoms with Gasteiger partial charge in [-0.2, -0.15) is 0 Å². The van der Waals surface area contributed by atoms with Crippen molar-refractivity contribution in [3.8, 4) is 5.75 Å². The fourth-order valence-electron chi connectivity index (χ4n) is 4.03. The third kappa shape index (κ3) is 4.83. The van der Waals surface area contributed by atoms with Crippen LogP contribution in [-0.4, -0.2) is 17.7 Å². The summed E-state index contributed by atoms with van der Waals surface area (Å²) in [5.41, 5.74) is 4.74. The molecular formula is C31H26N2O2S. The van der Waals surface area contributed by atoms with E-state index in [1.54, 1.807) is 11.0 Å². The number of hydrogen-bond donors (Lipinski definition) is 0. The van der Waals surface area contributed by atoms with Crippen molar-refractivity contribution in [2.75, 3.05) is 11.5 Å². The average Bonchev–Trinajstić information content (AvgIpc) is 3.19. The molecule has 0 radical (unpaired) electrons. The number of aliphatic imine (C=N–C) groups is 1. The number of thioether (sulfide) groups is 1. The van der Waals surface area contributed by atoms with Crippen molar-refractivity contribution >= 4 is 51.1 Å². The van der Waals surface area contributed by atoms with Crippen LogP contribution in [0.15, 0.2) is 107 Å². The summed E-state index contributed by atoms with van der Waals surface area (Å²) in [4.78, 5) is 20.9. The lowest BCUT2D eigenvalue weighted by Crippen LogP contribution is -2.28. The van der Waals surface area contributed by atoms with E-state index in [0.29, 0.717) is 22.4 Å². The van der Waals surface area contributed by atoms with E-state index in [9.17, 15) is 4.79 Å². The summed E-state index contributed by atoms with van der Waals surface area (Å²) in [7, 11) is 0. The van der Waals surface area contributed by atoms with Crippen molar-refractivity contribution in [1.82, 2.24) is 0 Å². The first-order valence-electron chi connectivity index (χ1n) is 11.7. The normalized spacial score (nSPS) is 15.7. The molecule has 0 unspecified atom stereocenters. The highest BCUT2D eigenvalue weighted by molar-refractivity contribution is 8.19. The lowest BCUT2D eigenvalue weighted by atomic mass is 10.0. The first kappa shape index (κ1) is 23.6.